The van der Waals surface area contributed by atoms with Crippen molar-refractivity contribution in [2.75, 3.05) is 71.3 Å². The van der Waals surface area contributed by atoms with Crippen LogP contribution < -0.4 is 16.0 Å². The normalized spacial score (nSPS) is 14.6. The quantitative estimate of drug-likeness (QED) is 0.0812. The Balaban J connectivity index is 0.898. The molecule has 2 aromatic carbocycles. The van der Waals surface area contributed by atoms with Crippen LogP contribution in [0, 0.1) is 6.92 Å². The summed E-state index contributed by atoms with van der Waals surface area (Å²) in [4.78, 5) is 60.1. The highest BCUT2D eigenvalue weighted by molar-refractivity contribution is 7.24. The minimum atomic E-state index is -0.977. The van der Waals surface area contributed by atoms with Crippen LogP contribution in [0.5, 0.6) is 0 Å². The standard InChI is InChI=1S/C36H44N6O9S2/c1-24-38-33-28(52-24)8-7-26-34(33)53-36(40-26)41-35(47)27(23-25-5-3-2-4-6-25)39-30(44)12-15-48-17-19-50-21-22-51-20-18-49-16-13-37-29(43)11-14-42-31(45)9-10-32(42)46/h2-10,27,31,45H,11-23H2,1H3,(H,37,43)(H,39,44)(H,40,41,47)/t27-,31?/m0/s1. The number of carbonyl (C=O) groups excluding carboxylic acids is 4. The number of hydrogen-bond acceptors (Lipinski definition) is 13. The molecule has 53 heavy (non-hydrogen) atoms. The lowest BCUT2D eigenvalue weighted by Gasteiger charge is -2.19. The predicted molar refractivity (Wildman–Crippen MR) is 201 cm³/mol. The van der Waals surface area contributed by atoms with E-state index in [4.69, 9.17) is 18.9 Å². The van der Waals surface area contributed by atoms with E-state index in [0.717, 1.165) is 31.0 Å². The van der Waals surface area contributed by atoms with Crippen LogP contribution in [0.15, 0.2) is 54.6 Å². The fourth-order valence-electron chi connectivity index (χ4n) is 5.30. The topological polar surface area (TPSA) is 191 Å². The number of aliphatic hydroxyl groups excluding tert-OH is 1. The number of fused-ring (bicyclic) bond motifs is 3. The molecule has 1 aliphatic rings. The molecule has 4 amide bonds. The zero-order chi connectivity index (χ0) is 37.4. The van der Waals surface area contributed by atoms with Gasteiger partial charge in [-0.1, -0.05) is 41.7 Å². The maximum Gasteiger partial charge on any atom is 0.249 e. The van der Waals surface area contributed by atoms with Crippen LogP contribution in [-0.2, 0) is 44.5 Å². The fraction of sp³-hybridized carbons (Fsp3) is 0.444. The van der Waals surface area contributed by atoms with Gasteiger partial charge in [0.25, 0.3) is 0 Å². The zero-order valence-electron chi connectivity index (χ0n) is 29.4. The van der Waals surface area contributed by atoms with Gasteiger partial charge < -0.3 is 44.9 Å². The highest BCUT2D eigenvalue weighted by atomic mass is 32.1. The van der Waals surface area contributed by atoms with Crippen molar-refractivity contribution in [2.24, 2.45) is 0 Å². The second-order valence-electron chi connectivity index (χ2n) is 11.9. The van der Waals surface area contributed by atoms with Crippen molar-refractivity contribution in [3.63, 3.8) is 0 Å². The maximum atomic E-state index is 13.4. The summed E-state index contributed by atoms with van der Waals surface area (Å²) in [5, 5.41) is 19.5. The Bertz CT molecular complexity index is 1850. The molecule has 0 fully saturated rings. The molecular formula is C36H44N6O9S2. The van der Waals surface area contributed by atoms with E-state index < -0.39 is 12.3 Å². The predicted octanol–water partition coefficient (Wildman–Crippen LogP) is 2.56. The van der Waals surface area contributed by atoms with E-state index in [9.17, 15) is 24.3 Å². The Hall–Kier alpha value is -4.36. The zero-order valence-corrected chi connectivity index (χ0v) is 31.0. The minimum Gasteiger partial charge on any atom is -0.379 e. The van der Waals surface area contributed by atoms with E-state index in [1.807, 2.05) is 49.4 Å². The number of rotatable bonds is 23. The van der Waals surface area contributed by atoms with Crippen LogP contribution in [-0.4, -0.2) is 122 Å². The SMILES string of the molecule is Cc1nc2c(ccc3nc(NC(=O)[C@H](Cc4ccccc4)NC(=O)CCOCCOCCOCCOCCNC(=O)CCN4C(=O)C=CC4O)sc32)s1. The second-order valence-corrected chi connectivity index (χ2v) is 14.1. The Morgan fingerprint density at radius 2 is 1.57 bits per heavy atom. The van der Waals surface area contributed by atoms with Gasteiger partial charge in [-0.25, -0.2) is 9.97 Å². The molecule has 4 N–H and O–H groups in total. The van der Waals surface area contributed by atoms with Gasteiger partial charge in [-0.05, 0) is 30.7 Å². The van der Waals surface area contributed by atoms with Crippen LogP contribution in [0.4, 0.5) is 5.13 Å². The number of nitrogens with zero attached hydrogens (tertiary/aromatic N) is 3. The summed E-state index contributed by atoms with van der Waals surface area (Å²) >= 11 is 2.98. The highest BCUT2D eigenvalue weighted by Gasteiger charge is 2.24. The maximum absolute atomic E-state index is 13.4. The first-order chi connectivity index (χ1) is 25.8. The minimum absolute atomic E-state index is 0.0785. The Morgan fingerprint density at radius 3 is 2.26 bits per heavy atom. The summed E-state index contributed by atoms with van der Waals surface area (Å²) in [7, 11) is 0. The average Bonchev–Trinajstić information content (AvgIpc) is 3.83. The van der Waals surface area contributed by atoms with E-state index in [1.165, 1.54) is 28.4 Å². The Kier molecular flexibility index (Phi) is 15.6. The Labute approximate surface area is 314 Å². The van der Waals surface area contributed by atoms with Gasteiger partial charge in [0.05, 0.1) is 72.8 Å². The van der Waals surface area contributed by atoms with E-state index in [0.29, 0.717) is 64.3 Å². The number of nitrogens with one attached hydrogen (secondary N) is 3. The molecule has 4 aromatic rings. The fourth-order valence-corrected chi connectivity index (χ4v) is 7.16. The number of carbonyl (C=O) groups is 4. The van der Waals surface area contributed by atoms with Crippen molar-refractivity contribution in [2.45, 2.75) is 38.5 Å². The number of anilines is 1. The van der Waals surface area contributed by atoms with E-state index >= 15 is 0 Å². The summed E-state index contributed by atoms with van der Waals surface area (Å²) in [6.45, 7) is 4.99. The van der Waals surface area contributed by atoms with Crippen LogP contribution in [0.2, 0.25) is 0 Å². The summed E-state index contributed by atoms with van der Waals surface area (Å²) in [6.07, 6.45) is 2.17. The molecule has 0 saturated heterocycles. The van der Waals surface area contributed by atoms with Crippen LogP contribution in [0.3, 0.4) is 0 Å². The smallest absolute Gasteiger partial charge is 0.249 e. The molecular weight excluding hydrogens is 725 g/mol. The number of thiazole rings is 2. The van der Waals surface area contributed by atoms with Crippen molar-refractivity contribution in [1.29, 1.82) is 0 Å². The van der Waals surface area contributed by atoms with Crippen molar-refractivity contribution < 1.29 is 43.2 Å². The number of aliphatic hydroxyl groups is 1. The number of amides is 4. The van der Waals surface area contributed by atoms with Gasteiger partial charge in [0.2, 0.25) is 23.6 Å². The first kappa shape index (κ1) is 39.8. The van der Waals surface area contributed by atoms with Gasteiger partial charge in [-0.3, -0.25) is 19.2 Å². The molecule has 0 radical (unpaired) electrons. The van der Waals surface area contributed by atoms with Crippen molar-refractivity contribution >= 4 is 71.9 Å². The molecule has 0 saturated carbocycles. The molecule has 1 aliphatic heterocycles. The molecule has 0 spiro atoms. The van der Waals surface area contributed by atoms with Gasteiger partial charge in [0.15, 0.2) is 5.13 Å². The molecule has 0 bridgehead atoms. The molecule has 5 rings (SSSR count). The van der Waals surface area contributed by atoms with Crippen molar-refractivity contribution in [1.82, 2.24) is 25.5 Å². The second kappa shape index (κ2) is 20.8. The van der Waals surface area contributed by atoms with Gasteiger partial charge in [0.1, 0.15) is 17.8 Å². The van der Waals surface area contributed by atoms with E-state index in [1.54, 1.807) is 11.3 Å². The lowest BCUT2D eigenvalue weighted by Crippen LogP contribution is -2.45. The number of ether oxygens (including phenoxy) is 4. The van der Waals surface area contributed by atoms with Crippen LogP contribution in [0.1, 0.15) is 23.4 Å². The third-order valence-corrected chi connectivity index (χ3v) is 9.87. The Morgan fingerprint density at radius 1 is 0.868 bits per heavy atom. The number of benzene rings is 2. The molecule has 3 heterocycles. The lowest BCUT2D eigenvalue weighted by atomic mass is 10.1. The molecule has 1 unspecified atom stereocenters. The molecule has 2 aromatic heterocycles. The van der Waals surface area contributed by atoms with Crippen molar-refractivity contribution in [3.8, 4) is 0 Å². The molecule has 15 nitrogen and oxygen atoms in total. The van der Waals surface area contributed by atoms with Crippen molar-refractivity contribution in [3.05, 3.63) is 65.2 Å². The monoisotopic (exact) mass is 768 g/mol. The lowest BCUT2D eigenvalue weighted by molar-refractivity contribution is -0.132. The number of aryl methyl sites for hydroxylation is 1. The van der Waals surface area contributed by atoms with Crippen LogP contribution >= 0.6 is 22.7 Å². The summed E-state index contributed by atoms with van der Waals surface area (Å²) < 4.78 is 23.9. The number of aromatic nitrogens is 2. The van der Waals surface area contributed by atoms with E-state index in [-0.39, 0.29) is 49.6 Å². The molecule has 0 aliphatic carbocycles. The summed E-state index contributed by atoms with van der Waals surface area (Å²) in [5.74, 6) is -1.21. The molecule has 17 heteroatoms. The molecule has 284 valence electrons. The first-order valence-electron chi connectivity index (χ1n) is 17.3. The van der Waals surface area contributed by atoms with Gasteiger partial charge in [-0.2, -0.15) is 0 Å². The first-order valence-corrected chi connectivity index (χ1v) is 19.0. The highest BCUT2D eigenvalue weighted by Crippen LogP contribution is 2.34. The number of hydrogen-bond donors (Lipinski definition) is 4. The van der Waals surface area contributed by atoms with Crippen LogP contribution in [0.25, 0.3) is 20.4 Å². The van der Waals surface area contributed by atoms with Gasteiger partial charge in [-0.15, -0.1) is 11.3 Å². The van der Waals surface area contributed by atoms with Gasteiger partial charge >= 0.3 is 0 Å². The summed E-state index contributed by atoms with van der Waals surface area (Å²) in [5.41, 5.74) is 2.55. The van der Waals surface area contributed by atoms with E-state index in [2.05, 4.69) is 25.9 Å². The third-order valence-electron chi connectivity index (χ3n) is 7.94. The summed E-state index contributed by atoms with van der Waals surface area (Å²) in [6, 6.07) is 12.6. The average molecular weight is 769 g/mol. The largest absolute Gasteiger partial charge is 0.379 e. The third kappa shape index (κ3) is 12.6. The van der Waals surface area contributed by atoms with Gasteiger partial charge in [0, 0.05) is 38.4 Å². The molecule has 2 atom stereocenters.